The van der Waals surface area contributed by atoms with E-state index < -0.39 is 0 Å². The first-order valence-corrected chi connectivity index (χ1v) is 11.8. The first-order chi connectivity index (χ1) is 15.1. The fraction of sp³-hybridized carbons (Fsp3) is 0.667. The number of carbonyl (C=O) groups excluding carboxylic acids is 1. The minimum atomic E-state index is 0.0472. The van der Waals surface area contributed by atoms with Crippen LogP contribution in [0, 0.1) is 0 Å². The van der Waals surface area contributed by atoms with Crippen molar-refractivity contribution in [3.63, 3.8) is 0 Å². The molecular formula is C24H41N5O2. The van der Waals surface area contributed by atoms with Crippen LogP contribution in [0.5, 0.6) is 0 Å². The van der Waals surface area contributed by atoms with E-state index in [1.165, 1.54) is 25.7 Å². The first kappa shape index (κ1) is 25.1. The molecule has 1 amide bonds. The van der Waals surface area contributed by atoms with Gasteiger partial charge in [-0.1, -0.05) is 44.7 Å². The number of unbranched alkanes of at least 4 members (excludes halogenated alkanes) is 3. The van der Waals surface area contributed by atoms with E-state index in [1.807, 2.05) is 18.2 Å². The second-order valence-corrected chi connectivity index (χ2v) is 8.27. The van der Waals surface area contributed by atoms with Gasteiger partial charge in [-0.15, -0.1) is 0 Å². The molecule has 0 aromatic heterocycles. The Labute approximate surface area is 188 Å². The van der Waals surface area contributed by atoms with Crippen molar-refractivity contribution < 1.29 is 9.53 Å². The second-order valence-electron chi connectivity index (χ2n) is 8.27. The third-order valence-electron chi connectivity index (χ3n) is 5.53. The van der Waals surface area contributed by atoms with Gasteiger partial charge in [0.2, 0.25) is 5.91 Å². The van der Waals surface area contributed by atoms with E-state index in [4.69, 9.17) is 4.74 Å². The van der Waals surface area contributed by atoms with Gasteiger partial charge >= 0.3 is 0 Å². The van der Waals surface area contributed by atoms with Crippen LogP contribution in [0.15, 0.2) is 29.3 Å². The summed E-state index contributed by atoms with van der Waals surface area (Å²) in [5.74, 6) is 0.855. The van der Waals surface area contributed by atoms with Crippen LogP contribution >= 0.6 is 0 Å². The van der Waals surface area contributed by atoms with E-state index >= 15 is 0 Å². The Morgan fingerprint density at radius 2 is 2.03 bits per heavy atom. The largest absolute Gasteiger partial charge is 0.379 e. The van der Waals surface area contributed by atoms with Crippen molar-refractivity contribution in [3.05, 3.63) is 29.8 Å². The lowest BCUT2D eigenvalue weighted by Gasteiger charge is -2.26. The topological polar surface area (TPSA) is 78.0 Å². The molecule has 1 saturated heterocycles. The predicted octanol–water partition coefficient (Wildman–Crippen LogP) is 3.37. The maximum atomic E-state index is 12.3. The molecule has 2 rings (SSSR count). The molecule has 3 N–H and O–H groups in total. The zero-order chi connectivity index (χ0) is 22.3. The van der Waals surface area contributed by atoms with E-state index in [-0.39, 0.29) is 5.91 Å². The zero-order valence-corrected chi connectivity index (χ0v) is 19.6. The lowest BCUT2D eigenvalue weighted by Crippen LogP contribution is -2.41. The molecule has 1 heterocycles. The summed E-state index contributed by atoms with van der Waals surface area (Å²) in [5, 5.41) is 9.86. The van der Waals surface area contributed by atoms with Crippen LogP contribution in [-0.2, 0) is 16.1 Å². The van der Waals surface area contributed by atoms with E-state index in [1.54, 1.807) is 7.05 Å². The predicted molar refractivity (Wildman–Crippen MR) is 129 cm³/mol. The number of carbonyl (C=O) groups is 1. The minimum absolute atomic E-state index is 0.0472. The molecule has 0 spiro atoms. The van der Waals surface area contributed by atoms with Gasteiger partial charge in [0.25, 0.3) is 0 Å². The Bertz CT molecular complexity index is 674. The van der Waals surface area contributed by atoms with Crippen molar-refractivity contribution in [2.45, 2.75) is 65.0 Å². The molecule has 1 aromatic carbocycles. The third kappa shape index (κ3) is 10.6. The van der Waals surface area contributed by atoms with Gasteiger partial charge in [-0.2, -0.15) is 0 Å². The molecule has 1 atom stereocenters. The first-order valence-electron chi connectivity index (χ1n) is 11.8. The third-order valence-corrected chi connectivity index (χ3v) is 5.53. The van der Waals surface area contributed by atoms with Gasteiger partial charge in [0.1, 0.15) is 0 Å². The number of ether oxygens (including phenoxy) is 1. The van der Waals surface area contributed by atoms with Crippen molar-refractivity contribution >= 4 is 17.6 Å². The molecule has 1 aliphatic heterocycles. The van der Waals surface area contributed by atoms with Crippen molar-refractivity contribution in [2.24, 2.45) is 4.99 Å². The van der Waals surface area contributed by atoms with Gasteiger partial charge in [-0.05, 0) is 31.0 Å². The molecule has 0 bridgehead atoms. The van der Waals surface area contributed by atoms with Crippen LogP contribution in [0.2, 0.25) is 0 Å². The smallest absolute Gasteiger partial charge is 0.225 e. The summed E-state index contributed by atoms with van der Waals surface area (Å²) in [5.41, 5.74) is 1.93. The highest BCUT2D eigenvalue weighted by atomic mass is 16.5. The molecule has 1 unspecified atom stereocenters. The summed E-state index contributed by atoms with van der Waals surface area (Å²) in [6, 6.07) is 8.36. The summed E-state index contributed by atoms with van der Waals surface area (Å²) >= 11 is 0. The van der Waals surface area contributed by atoms with Crippen LogP contribution in [0.3, 0.4) is 0 Å². The number of hydrogen-bond acceptors (Lipinski definition) is 4. The quantitative estimate of drug-likeness (QED) is 0.269. The van der Waals surface area contributed by atoms with E-state index in [0.717, 1.165) is 56.5 Å². The number of hydrogen-bond donors (Lipinski definition) is 3. The molecule has 7 heteroatoms. The summed E-state index contributed by atoms with van der Waals surface area (Å²) < 4.78 is 5.35. The normalized spacial score (nSPS) is 16.0. The number of aliphatic imine (C=N–C) groups is 1. The van der Waals surface area contributed by atoms with Gasteiger partial charge in [0.15, 0.2) is 5.96 Å². The summed E-state index contributed by atoms with van der Waals surface area (Å²) in [4.78, 5) is 18.9. The van der Waals surface area contributed by atoms with Gasteiger partial charge in [0.05, 0.1) is 13.2 Å². The maximum Gasteiger partial charge on any atom is 0.225 e. The number of morpholine rings is 1. The molecular weight excluding hydrogens is 390 g/mol. The zero-order valence-electron chi connectivity index (χ0n) is 19.6. The van der Waals surface area contributed by atoms with Gasteiger partial charge in [-0.3, -0.25) is 14.7 Å². The summed E-state index contributed by atoms with van der Waals surface area (Å²) in [6.45, 7) is 9.18. The monoisotopic (exact) mass is 431 g/mol. The standard InChI is InChI=1S/C24H41N5O2/c1-4-5-6-7-9-20(2)27-24(25-3)26-19-21-10-8-11-22(18-21)28-23(30)12-13-29-14-16-31-17-15-29/h8,10-11,18,20H,4-7,9,12-17,19H2,1-3H3,(H,28,30)(H2,25,26,27). The lowest BCUT2D eigenvalue weighted by molar-refractivity contribution is -0.116. The Morgan fingerprint density at radius 1 is 1.23 bits per heavy atom. The maximum absolute atomic E-state index is 12.3. The lowest BCUT2D eigenvalue weighted by atomic mass is 10.1. The Morgan fingerprint density at radius 3 is 2.77 bits per heavy atom. The van der Waals surface area contributed by atoms with Crippen molar-refractivity contribution in [1.29, 1.82) is 0 Å². The highest BCUT2D eigenvalue weighted by Gasteiger charge is 2.12. The second kappa shape index (κ2) is 14.8. The fourth-order valence-electron chi connectivity index (χ4n) is 3.63. The van der Waals surface area contributed by atoms with Crippen LogP contribution < -0.4 is 16.0 Å². The number of guanidine groups is 1. The van der Waals surface area contributed by atoms with Crippen LogP contribution in [0.4, 0.5) is 5.69 Å². The molecule has 0 aliphatic carbocycles. The number of rotatable bonds is 12. The van der Waals surface area contributed by atoms with Crippen LogP contribution in [0.25, 0.3) is 0 Å². The number of nitrogens with one attached hydrogen (secondary N) is 3. The number of anilines is 1. The SMILES string of the molecule is CCCCCCC(C)NC(=NC)NCc1cccc(NC(=O)CCN2CCOCC2)c1. The number of amides is 1. The molecule has 1 aliphatic rings. The molecule has 1 aromatic rings. The average Bonchev–Trinajstić information content (AvgIpc) is 2.79. The van der Waals surface area contributed by atoms with Crippen LogP contribution in [-0.4, -0.2) is 62.7 Å². The average molecular weight is 432 g/mol. The summed E-state index contributed by atoms with van der Waals surface area (Å²) in [7, 11) is 1.80. The highest BCUT2D eigenvalue weighted by molar-refractivity contribution is 5.90. The molecule has 1 fully saturated rings. The number of nitrogens with zero attached hydrogens (tertiary/aromatic N) is 2. The molecule has 0 saturated carbocycles. The van der Waals surface area contributed by atoms with E-state index in [2.05, 4.69) is 45.8 Å². The summed E-state index contributed by atoms with van der Waals surface area (Å²) in [6.07, 6.45) is 6.74. The van der Waals surface area contributed by atoms with E-state index in [0.29, 0.717) is 19.0 Å². The van der Waals surface area contributed by atoms with Gasteiger partial charge < -0.3 is 20.7 Å². The van der Waals surface area contributed by atoms with Gasteiger partial charge in [0, 0.05) is 51.4 Å². The highest BCUT2D eigenvalue weighted by Crippen LogP contribution is 2.11. The van der Waals surface area contributed by atoms with Crippen molar-refractivity contribution in [3.8, 4) is 0 Å². The molecule has 0 radical (unpaired) electrons. The molecule has 174 valence electrons. The van der Waals surface area contributed by atoms with Crippen molar-refractivity contribution in [2.75, 3.05) is 45.2 Å². The Hall–Kier alpha value is -2.12. The van der Waals surface area contributed by atoms with Crippen molar-refractivity contribution in [1.82, 2.24) is 15.5 Å². The van der Waals surface area contributed by atoms with Gasteiger partial charge in [-0.25, -0.2) is 0 Å². The molecule has 31 heavy (non-hydrogen) atoms. The van der Waals surface area contributed by atoms with E-state index in [9.17, 15) is 4.79 Å². The Kier molecular flexibility index (Phi) is 12.0. The fourth-order valence-corrected chi connectivity index (χ4v) is 3.63. The Balaban J connectivity index is 1.73. The minimum Gasteiger partial charge on any atom is -0.379 e. The van der Waals surface area contributed by atoms with Crippen LogP contribution in [0.1, 0.15) is 57.9 Å². The molecule has 7 nitrogen and oxygen atoms in total. The number of benzene rings is 1.